The minimum Gasteiger partial charge on any atom is -0.469 e. The third kappa shape index (κ3) is 106. The van der Waals surface area contributed by atoms with Crippen LogP contribution in [0.5, 0.6) is 0 Å². The van der Waals surface area contributed by atoms with Gasteiger partial charge in [-0.3, -0.25) is 24.0 Å². The Labute approximate surface area is 743 Å². The Morgan fingerprint density at radius 2 is 0.533 bits per heavy atom. The molecule has 0 amide bonds. The zero-order valence-corrected chi connectivity index (χ0v) is 88.1. The molecule has 0 aliphatic heterocycles. The molecule has 0 aromatic carbocycles. The number of hydrogen-bond acceptors (Lipinski definition) is 20. The molecule has 4 atom stereocenters. The Balaban J connectivity index is -0.000000574. The summed E-state index contributed by atoms with van der Waals surface area (Å²) in [6.07, 6.45) is 36.7. The third-order valence-electron chi connectivity index (χ3n) is 20.4. The lowest BCUT2D eigenvalue weighted by Gasteiger charge is -2.34. The second kappa shape index (κ2) is 77.7. The van der Waals surface area contributed by atoms with E-state index in [4.69, 9.17) is 27.2 Å². The first-order valence-electron chi connectivity index (χ1n) is 46.5. The van der Waals surface area contributed by atoms with Crippen LogP contribution in [-0.2, 0) is 74.8 Å². The molecule has 0 aromatic heterocycles. The summed E-state index contributed by atoms with van der Waals surface area (Å²) < 4.78 is 62.8. The fourth-order valence-corrected chi connectivity index (χ4v) is 31.7. The van der Waals surface area contributed by atoms with E-state index >= 15 is 0 Å². The van der Waals surface area contributed by atoms with Gasteiger partial charge in [0.2, 0.25) is 6.29 Å². The lowest BCUT2D eigenvalue weighted by Crippen LogP contribution is -2.47. The van der Waals surface area contributed by atoms with Crippen LogP contribution < -0.4 is 0 Å². The summed E-state index contributed by atoms with van der Waals surface area (Å²) >= 11 is 0. The van der Waals surface area contributed by atoms with Crippen molar-refractivity contribution in [1.82, 2.24) is 0 Å². The Morgan fingerprint density at radius 1 is 0.292 bits per heavy atom. The van der Waals surface area contributed by atoms with Gasteiger partial charge in [0.25, 0.3) is 0 Å². The topological polar surface area (TPSA) is 268 Å². The van der Waals surface area contributed by atoms with E-state index < -0.39 is 57.9 Å². The SMILES string of the molecule is CCCCCCCCCCCC(=O)OC.CCCCCCCCCCCC(=O)OC.COC(C)=O.COC(C)=O.COC(C)=O.C[N+](C)(C)CCCCCC[N+](C)(C)CC(O)COCCC[Si](C)(C)O[Si](C)(C)CCCOCC(O)C[N+](C)(C)CCCCCC[N+](C)(C)CC(O)COCCC[Si](C)(C)O[Si](C)(C)CCCCOC(O)C[N+](C)(C)C. The fraction of sp³-hybridized carbons (Fsp3) is 0.945. The number of nitrogens with zero attached hydrogens (tertiary/aromatic N) is 5. The van der Waals surface area contributed by atoms with E-state index in [1.165, 1.54) is 191 Å². The number of methoxy groups -OCH3 is 5. The van der Waals surface area contributed by atoms with Gasteiger partial charge >= 0.3 is 29.8 Å². The maximum Gasteiger partial charge on any atom is 0.305 e. The highest BCUT2D eigenvalue weighted by Gasteiger charge is 2.34. The molecule has 0 spiro atoms. The van der Waals surface area contributed by atoms with Crippen molar-refractivity contribution < 1.29 is 118 Å². The number of quaternary nitrogens is 5. The largest absolute Gasteiger partial charge is 0.469 e. The molecular formula is C91H202N5O20Si4+5. The van der Waals surface area contributed by atoms with Gasteiger partial charge < -0.3 is 93.7 Å². The van der Waals surface area contributed by atoms with Gasteiger partial charge in [-0.1, -0.05) is 123 Å². The van der Waals surface area contributed by atoms with Crippen molar-refractivity contribution in [1.29, 1.82) is 0 Å². The van der Waals surface area contributed by atoms with Crippen molar-refractivity contribution >= 4 is 63.1 Å². The molecule has 25 nitrogen and oxygen atoms in total. The standard InChI is InChI=1S/C56H132N5O10Si4.2C13H26O2.3C3H6O2/c1-57(2,3)34-25-21-22-26-35-59(7,8)46-53(62)50-67-39-32-44-74(17,18)71-75(19,20)45-33-40-68-52-55(64)48-61(11,12)37-28-24-23-27-36-60(9,10)47-54(63)51-66-38-31-43-73(15,16)70-72(13,14)42-30-29-41-69-56(65)49-58(4,5)6;2*1-3-4-5-6-7-8-9-10-11-12-13(14)15-2;3*1-3(4)5-2/h53-56,62-65H,21-52H2,1-20H3;2*3-12H2,1-2H3;3*1-2H3/q+5;;;;;. The quantitative estimate of drug-likeness (QED) is 0.0110. The number of likely N-dealkylation sites (N-methyl/N-ethyl adjacent to an activating group) is 4. The van der Waals surface area contributed by atoms with Crippen molar-refractivity contribution in [2.24, 2.45) is 0 Å². The summed E-state index contributed by atoms with van der Waals surface area (Å²) in [6.45, 7) is 37.9. The highest BCUT2D eigenvalue weighted by Crippen LogP contribution is 2.27. The number of carbonyl (C=O) groups excluding carboxylic acids is 5. The molecular weight excluding hydrogens is 1600 g/mol. The molecule has 4 unspecified atom stereocenters. The smallest absolute Gasteiger partial charge is 0.305 e. The van der Waals surface area contributed by atoms with Crippen LogP contribution in [0.15, 0.2) is 0 Å². The average Bonchev–Trinajstić information content (AvgIpc) is 0.872. The summed E-state index contributed by atoms with van der Waals surface area (Å²) in [6, 6.07) is 4.24. The number of ether oxygens (including phenoxy) is 9. The van der Waals surface area contributed by atoms with Gasteiger partial charge in [-0.15, -0.1) is 0 Å². The Morgan fingerprint density at radius 3 is 0.775 bits per heavy atom. The fourth-order valence-electron chi connectivity index (χ4n) is 14.0. The van der Waals surface area contributed by atoms with Gasteiger partial charge in [0, 0.05) is 60.0 Å². The highest BCUT2D eigenvalue weighted by atomic mass is 28.4. The van der Waals surface area contributed by atoms with Crippen LogP contribution in [0.4, 0.5) is 0 Å². The maximum absolute atomic E-state index is 10.9. The summed E-state index contributed by atoms with van der Waals surface area (Å²) in [5.74, 6) is -0.879. The molecule has 0 heterocycles. The number of rotatable bonds is 70. The monoisotopic (exact) mass is 1800 g/mol. The summed E-state index contributed by atoms with van der Waals surface area (Å²) in [5.41, 5.74) is 0. The normalized spacial score (nSPS) is 13.2. The Kier molecular flexibility index (Phi) is 83.2. The van der Waals surface area contributed by atoms with Crippen molar-refractivity contribution in [3.8, 4) is 0 Å². The van der Waals surface area contributed by atoms with E-state index in [9.17, 15) is 44.4 Å². The van der Waals surface area contributed by atoms with E-state index in [1.54, 1.807) is 0 Å². The number of esters is 5. The molecule has 0 fully saturated rings. The van der Waals surface area contributed by atoms with Crippen LogP contribution >= 0.6 is 0 Å². The van der Waals surface area contributed by atoms with Crippen LogP contribution in [0.25, 0.3) is 0 Å². The van der Waals surface area contributed by atoms with E-state index in [1.807, 2.05) is 0 Å². The number of carbonyl (C=O) groups is 5. The molecule has 0 aliphatic rings. The van der Waals surface area contributed by atoms with Crippen molar-refractivity contribution in [3.05, 3.63) is 0 Å². The van der Waals surface area contributed by atoms with Crippen LogP contribution in [0.1, 0.15) is 247 Å². The van der Waals surface area contributed by atoms with Crippen LogP contribution in [0, 0.1) is 0 Å². The summed E-state index contributed by atoms with van der Waals surface area (Å²) in [4.78, 5) is 50.4. The first-order valence-corrected chi connectivity index (χ1v) is 58.9. The molecule has 0 bridgehead atoms. The van der Waals surface area contributed by atoms with Crippen LogP contribution in [0.3, 0.4) is 0 Å². The number of aliphatic hydroxyl groups excluding tert-OH is 4. The van der Waals surface area contributed by atoms with Gasteiger partial charge in [-0.25, -0.2) is 0 Å². The van der Waals surface area contributed by atoms with E-state index in [0.717, 1.165) is 139 Å². The number of unbranched alkanes of at least 4 members (excludes halogenated alkanes) is 23. The Bertz CT molecular complexity index is 2320. The zero-order chi connectivity index (χ0) is 93.2. The van der Waals surface area contributed by atoms with Gasteiger partial charge in [0.1, 0.15) is 44.5 Å². The van der Waals surface area contributed by atoms with E-state index in [2.05, 4.69) is 174 Å². The molecule has 722 valence electrons. The zero-order valence-electron chi connectivity index (χ0n) is 84.1. The third-order valence-corrected chi connectivity index (χ3v) is 35.5. The van der Waals surface area contributed by atoms with Crippen molar-refractivity contribution in [2.75, 3.05) is 219 Å². The lowest BCUT2D eigenvalue weighted by molar-refractivity contribution is -0.894. The second-order valence-corrected chi connectivity index (χ2v) is 57.5. The maximum atomic E-state index is 10.9. The minimum absolute atomic E-state index is 0.0713. The van der Waals surface area contributed by atoms with Gasteiger partial charge in [0.15, 0.2) is 33.3 Å². The van der Waals surface area contributed by atoms with Crippen molar-refractivity contribution in [3.63, 3.8) is 0 Å². The van der Waals surface area contributed by atoms with Gasteiger partial charge in [-0.05, 0) is 166 Å². The Hall–Kier alpha value is -2.38. The highest BCUT2D eigenvalue weighted by molar-refractivity contribution is 6.85. The van der Waals surface area contributed by atoms with Gasteiger partial charge in [-0.2, -0.15) is 0 Å². The summed E-state index contributed by atoms with van der Waals surface area (Å²) in [7, 11) is 25.8. The first kappa shape index (κ1) is 128. The van der Waals surface area contributed by atoms with Crippen LogP contribution in [0.2, 0.25) is 76.6 Å². The molecule has 4 N–H and O–H groups in total. The average molecular weight is 1800 g/mol. The predicted octanol–water partition coefficient (Wildman–Crippen LogP) is 16.7. The second-order valence-electron chi connectivity index (χ2n) is 39.8. The van der Waals surface area contributed by atoms with Gasteiger partial charge in [0.05, 0.1) is 166 Å². The molecule has 29 heteroatoms. The number of aliphatic hydroxyl groups is 4. The number of hydrogen-bond donors (Lipinski definition) is 4. The first-order chi connectivity index (χ1) is 55.7. The summed E-state index contributed by atoms with van der Waals surface area (Å²) in [5, 5.41) is 42.5. The van der Waals surface area contributed by atoms with Crippen molar-refractivity contribution in [2.45, 2.75) is 348 Å². The molecule has 0 saturated heterocycles. The van der Waals surface area contributed by atoms with E-state index in [0.29, 0.717) is 83.2 Å². The predicted molar refractivity (Wildman–Crippen MR) is 506 cm³/mol. The molecule has 0 rings (SSSR count). The molecule has 120 heavy (non-hydrogen) atoms. The lowest BCUT2D eigenvalue weighted by atomic mass is 10.1. The molecule has 0 aliphatic carbocycles. The molecule has 0 aromatic rings. The molecule has 0 radical (unpaired) electrons. The molecule has 0 saturated carbocycles. The minimum atomic E-state index is -1.86. The van der Waals surface area contributed by atoms with Crippen LogP contribution in [-0.4, -0.2) is 349 Å². The van der Waals surface area contributed by atoms with E-state index in [-0.39, 0.29) is 29.8 Å².